The van der Waals surface area contributed by atoms with Gasteiger partial charge in [0.2, 0.25) is 0 Å². The molecule has 1 fully saturated rings. The first-order valence-electron chi connectivity index (χ1n) is 10.6. The molecular weight excluding hydrogens is 454 g/mol. The van der Waals surface area contributed by atoms with Gasteiger partial charge in [0.15, 0.2) is 11.9 Å². The first-order chi connectivity index (χ1) is 15.4. The number of benzene rings is 1. The van der Waals surface area contributed by atoms with Crippen LogP contribution in [0.3, 0.4) is 0 Å². The molecule has 0 saturated carbocycles. The fourth-order valence-electron chi connectivity index (χ4n) is 3.24. The number of hydrogen-bond donors (Lipinski definition) is 3. The second-order valence-corrected chi connectivity index (χ2v) is 10.2. The first-order valence-corrected chi connectivity index (χ1v) is 12.1. The van der Waals surface area contributed by atoms with Crippen LogP contribution in [-0.4, -0.2) is 45.2 Å². The van der Waals surface area contributed by atoms with Crippen LogP contribution in [0.5, 0.6) is 5.75 Å². The van der Waals surface area contributed by atoms with Crippen molar-refractivity contribution in [1.29, 1.82) is 0 Å². The van der Waals surface area contributed by atoms with Crippen molar-refractivity contribution in [3.8, 4) is 5.75 Å². The van der Waals surface area contributed by atoms with Gasteiger partial charge in [0.05, 0.1) is 6.61 Å². The van der Waals surface area contributed by atoms with E-state index in [9.17, 15) is 14.5 Å². The predicted octanol–water partition coefficient (Wildman–Crippen LogP) is 2.65. The summed E-state index contributed by atoms with van der Waals surface area (Å²) < 4.78 is 46.6. The zero-order valence-corrected chi connectivity index (χ0v) is 19.8. The van der Waals surface area contributed by atoms with Crippen molar-refractivity contribution in [2.45, 2.75) is 57.8 Å². The Kier molecular flexibility index (Phi) is 7.60. The van der Waals surface area contributed by atoms with E-state index in [-0.39, 0.29) is 17.8 Å². The van der Waals surface area contributed by atoms with E-state index in [1.54, 1.807) is 30.3 Å². The molecule has 0 radical (unpaired) electrons. The van der Waals surface area contributed by atoms with E-state index in [4.69, 9.17) is 19.5 Å². The number of ether oxygens (including phenoxy) is 1. The number of aliphatic hydroxyl groups excluding tert-OH is 1. The van der Waals surface area contributed by atoms with Gasteiger partial charge in [-0.1, -0.05) is 32.0 Å². The summed E-state index contributed by atoms with van der Waals surface area (Å²) in [5.74, 6) is 0.391. The van der Waals surface area contributed by atoms with Gasteiger partial charge in [0, 0.05) is 12.2 Å². The molecule has 2 heterocycles. The number of rotatable bonds is 9. The van der Waals surface area contributed by atoms with Gasteiger partial charge in [-0.05, 0) is 38.0 Å². The summed E-state index contributed by atoms with van der Waals surface area (Å²) in [7, 11) is -3.94. The second kappa shape index (κ2) is 9.90. The summed E-state index contributed by atoms with van der Waals surface area (Å²) in [5.41, 5.74) is 2.29. The number of anilines is 1. The minimum Gasteiger partial charge on any atom is -0.413 e. The van der Waals surface area contributed by atoms with Crippen LogP contribution in [0.15, 0.2) is 47.4 Å². The molecule has 1 aromatic carbocycles. The fraction of sp³-hybridized carbons (Fsp3) is 0.524. The molecule has 12 heteroatoms. The maximum Gasteiger partial charge on any atom is 0.459 e. The van der Waals surface area contributed by atoms with Gasteiger partial charge in [-0.3, -0.25) is 9.09 Å². The molecule has 4 N–H and O–H groups in total. The lowest BCUT2D eigenvalue weighted by atomic mass is 9.98. The van der Waals surface area contributed by atoms with Crippen LogP contribution in [0.1, 0.15) is 33.9 Å². The van der Waals surface area contributed by atoms with Crippen molar-refractivity contribution in [3.63, 3.8) is 0 Å². The highest BCUT2D eigenvalue weighted by molar-refractivity contribution is 7.52. The van der Waals surface area contributed by atoms with E-state index >= 15 is 4.39 Å². The molecule has 2 aromatic rings. The average Bonchev–Trinajstić information content (AvgIpc) is 2.96. The monoisotopic (exact) mass is 484 g/mol. The van der Waals surface area contributed by atoms with E-state index in [0.717, 1.165) is 11.5 Å². The lowest BCUT2D eigenvalue weighted by Crippen LogP contribution is -2.43. The Morgan fingerprint density at radius 1 is 1.33 bits per heavy atom. The fourth-order valence-corrected chi connectivity index (χ4v) is 4.95. The molecule has 0 amide bonds. The molecule has 1 saturated heterocycles. The lowest BCUT2D eigenvalue weighted by molar-refractivity contribution is -0.0592. The van der Waals surface area contributed by atoms with Crippen molar-refractivity contribution < 1.29 is 27.8 Å². The third-order valence-corrected chi connectivity index (χ3v) is 7.22. The van der Waals surface area contributed by atoms with E-state index in [0.29, 0.717) is 5.75 Å². The standard InChI is InChI=1S/C21H30FN4O6P/c1-13(2)14(3)25-33(29,32-15-8-6-5-7-9-15)30-12-16-18(27)21(4,22)19(31-16)26-11-10-17(23)24-20(26)28/h5-11,13-14,16,18-19,27H,12H2,1-4H3,(H,25,29)(H2,23,24,28)/t14-,16+,18-,19+,21?,33?/m0/s1. The molecule has 2 unspecified atom stereocenters. The van der Waals surface area contributed by atoms with Crippen molar-refractivity contribution in [3.05, 3.63) is 53.1 Å². The molecule has 0 bridgehead atoms. The SMILES string of the molecule is CC(C)[C@H](C)NP(=O)(OC[C@H]1O[C@@H](n2ccc(N)nc2=O)C(C)(F)[C@H]1O)Oc1ccccc1. The van der Waals surface area contributed by atoms with Crippen molar-refractivity contribution in [2.24, 2.45) is 5.92 Å². The smallest absolute Gasteiger partial charge is 0.413 e. The number of aliphatic hydroxyl groups is 1. The van der Waals surface area contributed by atoms with Gasteiger partial charge in [-0.2, -0.15) is 4.98 Å². The zero-order valence-electron chi connectivity index (χ0n) is 18.9. The van der Waals surface area contributed by atoms with Crippen LogP contribution in [0.25, 0.3) is 0 Å². The molecule has 182 valence electrons. The molecule has 6 atom stereocenters. The number of hydrogen-bond acceptors (Lipinski definition) is 8. The van der Waals surface area contributed by atoms with Crippen LogP contribution in [-0.2, 0) is 13.8 Å². The van der Waals surface area contributed by atoms with Gasteiger partial charge >= 0.3 is 13.4 Å². The van der Waals surface area contributed by atoms with Crippen LogP contribution >= 0.6 is 7.75 Å². The highest BCUT2D eigenvalue weighted by Gasteiger charge is 2.55. The van der Waals surface area contributed by atoms with Crippen LogP contribution in [0.2, 0.25) is 0 Å². The van der Waals surface area contributed by atoms with Crippen molar-refractivity contribution in [1.82, 2.24) is 14.6 Å². The van der Waals surface area contributed by atoms with Crippen LogP contribution in [0, 0.1) is 5.92 Å². The molecule has 33 heavy (non-hydrogen) atoms. The molecule has 1 aliphatic heterocycles. The van der Waals surface area contributed by atoms with E-state index < -0.39 is 44.1 Å². The Morgan fingerprint density at radius 3 is 2.61 bits per heavy atom. The lowest BCUT2D eigenvalue weighted by Gasteiger charge is -2.27. The molecule has 0 aliphatic carbocycles. The summed E-state index contributed by atoms with van der Waals surface area (Å²) in [5, 5.41) is 13.4. The predicted molar refractivity (Wildman–Crippen MR) is 120 cm³/mol. The molecular formula is C21H30FN4O6P. The van der Waals surface area contributed by atoms with Crippen LogP contribution in [0.4, 0.5) is 10.2 Å². The maximum atomic E-state index is 15.4. The average molecular weight is 484 g/mol. The number of nitrogens with one attached hydrogen (secondary N) is 1. The molecule has 10 nitrogen and oxygen atoms in total. The number of nitrogen functional groups attached to an aromatic ring is 1. The van der Waals surface area contributed by atoms with Gasteiger partial charge in [-0.15, -0.1) is 0 Å². The number of para-hydroxylation sites is 1. The highest BCUT2D eigenvalue weighted by Crippen LogP contribution is 2.47. The highest BCUT2D eigenvalue weighted by atomic mass is 31.2. The Hall–Kier alpha value is -2.30. The number of nitrogens with zero attached hydrogens (tertiary/aromatic N) is 2. The summed E-state index contributed by atoms with van der Waals surface area (Å²) >= 11 is 0. The van der Waals surface area contributed by atoms with E-state index in [1.807, 2.05) is 20.8 Å². The topological polar surface area (TPSA) is 138 Å². The Morgan fingerprint density at radius 2 is 2.00 bits per heavy atom. The molecule has 1 aromatic heterocycles. The number of halogens is 1. The van der Waals surface area contributed by atoms with Gasteiger partial charge in [-0.25, -0.2) is 18.8 Å². The summed E-state index contributed by atoms with van der Waals surface area (Å²) in [6, 6.07) is 9.52. The van der Waals surface area contributed by atoms with Gasteiger partial charge < -0.3 is 20.1 Å². The number of alkyl halides is 1. The number of nitrogens with two attached hydrogens (primary N) is 1. The van der Waals surface area contributed by atoms with Crippen molar-refractivity contribution in [2.75, 3.05) is 12.3 Å². The zero-order chi connectivity index (χ0) is 24.4. The third-order valence-electron chi connectivity index (χ3n) is 5.56. The molecule has 1 aliphatic rings. The minimum absolute atomic E-state index is 0.0282. The quantitative estimate of drug-likeness (QED) is 0.459. The summed E-state index contributed by atoms with van der Waals surface area (Å²) in [4.78, 5) is 15.7. The van der Waals surface area contributed by atoms with E-state index in [1.165, 1.54) is 12.3 Å². The maximum absolute atomic E-state index is 15.4. The van der Waals surface area contributed by atoms with Gasteiger partial charge in [0.25, 0.3) is 0 Å². The Balaban J connectivity index is 1.79. The summed E-state index contributed by atoms with van der Waals surface area (Å²) in [6.45, 7) is 6.34. The normalized spacial score (nSPS) is 27.9. The Labute approximate surface area is 191 Å². The molecule has 3 rings (SSSR count). The molecule has 0 spiro atoms. The van der Waals surface area contributed by atoms with Gasteiger partial charge in [0.1, 0.15) is 23.8 Å². The Bertz CT molecular complexity index is 1050. The van der Waals surface area contributed by atoms with Crippen molar-refractivity contribution >= 4 is 13.6 Å². The first kappa shape index (κ1) is 25.3. The van der Waals surface area contributed by atoms with E-state index in [2.05, 4.69) is 10.1 Å². The third kappa shape index (κ3) is 5.80. The largest absolute Gasteiger partial charge is 0.459 e. The summed E-state index contributed by atoms with van der Waals surface area (Å²) in [6.07, 6.45) is -3.17. The number of aromatic nitrogens is 2. The second-order valence-electron chi connectivity index (χ2n) is 8.52. The minimum atomic E-state index is -3.94. The van der Waals surface area contributed by atoms with Crippen LogP contribution < -0.4 is 21.0 Å².